The van der Waals surface area contributed by atoms with Crippen LogP contribution >= 0.6 is 0 Å². The van der Waals surface area contributed by atoms with Crippen LogP contribution in [0.2, 0.25) is 0 Å². The monoisotopic (exact) mass is 585 g/mol. The van der Waals surface area contributed by atoms with Gasteiger partial charge in [0.25, 0.3) is 5.91 Å². The minimum Gasteiger partial charge on any atom is -0.396 e. The summed E-state index contributed by atoms with van der Waals surface area (Å²) in [6, 6.07) is 14.8. The summed E-state index contributed by atoms with van der Waals surface area (Å²) < 4.78 is 6.84. The molecule has 0 aliphatic carbocycles. The zero-order valence-electron chi connectivity index (χ0n) is 25.5. The van der Waals surface area contributed by atoms with Crippen LogP contribution in [-0.4, -0.2) is 76.1 Å². The molecule has 5 atom stereocenters. The van der Waals surface area contributed by atoms with E-state index in [9.17, 15) is 19.5 Å². The summed E-state index contributed by atoms with van der Waals surface area (Å²) in [5.41, 5.74) is 1.63. The van der Waals surface area contributed by atoms with Crippen molar-refractivity contribution in [2.24, 2.45) is 11.8 Å². The predicted octanol–water partition coefficient (Wildman–Crippen LogP) is 4.18. The van der Waals surface area contributed by atoms with Crippen LogP contribution in [-0.2, 0) is 25.7 Å². The lowest BCUT2D eigenvalue weighted by Crippen LogP contribution is -2.56. The van der Waals surface area contributed by atoms with Crippen LogP contribution < -0.4 is 4.90 Å². The number of rotatable bonds is 12. The molecule has 2 aromatic rings. The van der Waals surface area contributed by atoms with Gasteiger partial charge in [0.15, 0.2) is 0 Å². The first-order valence-corrected chi connectivity index (χ1v) is 15.2. The molecule has 2 aromatic carbocycles. The molecule has 3 aliphatic heterocycles. The van der Waals surface area contributed by atoms with Gasteiger partial charge in [0.1, 0.15) is 11.6 Å². The number of hydrogen-bond donors (Lipinski definition) is 1. The summed E-state index contributed by atoms with van der Waals surface area (Å²) in [5.74, 6) is -2.24. The minimum atomic E-state index is -1.15. The van der Waals surface area contributed by atoms with Gasteiger partial charge in [-0.15, -0.1) is 13.2 Å². The highest BCUT2D eigenvalue weighted by Gasteiger charge is 2.78. The minimum absolute atomic E-state index is 0.124. The third-order valence-corrected chi connectivity index (χ3v) is 9.44. The third kappa shape index (κ3) is 5.21. The van der Waals surface area contributed by atoms with Crippen LogP contribution in [0.25, 0.3) is 0 Å². The smallest absolute Gasteiger partial charge is 0.253 e. The van der Waals surface area contributed by atoms with Gasteiger partial charge in [0.05, 0.1) is 17.4 Å². The maximum atomic E-state index is 14.7. The van der Waals surface area contributed by atoms with Gasteiger partial charge in [0, 0.05) is 38.5 Å². The van der Waals surface area contributed by atoms with E-state index in [2.05, 4.69) is 13.2 Å². The second-order valence-corrected chi connectivity index (χ2v) is 12.4. The standard InChI is InChI=1S/C35H43N3O5/c1-6-18-36(23-26-12-9-8-10-13-26)31(40)28-29-32(41)38(20-11-21-39)30(35(29)17-16-34(28,5)43-35)33(42)37(19-7-2)27-22-24(3)14-15-25(27)4/h6-10,12-15,22,28-30,39H,1-2,11,16-21,23H2,3-5H3/t28-,29+,30?,34+,35?/m1/s1. The summed E-state index contributed by atoms with van der Waals surface area (Å²) >= 11 is 0. The Morgan fingerprint density at radius 1 is 1.07 bits per heavy atom. The van der Waals surface area contributed by atoms with E-state index in [1.807, 2.05) is 69.3 Å². The summed E-state index contributed by atoms with van der Waals surface area (Å²) in [6.07, 6.45) is 4.74. The first-order valence-electron chi connectivity index (χ1n) is 15.2. The topological polar surface area (TPSA) is 90.4 Å². The molecular weight excluding hydrogens is 542 g/mol. The molecule has 0 saturated carbocycles. The summed E-state index contributed by atoms with van der Waals surface area (Å²) in [6.45, 7) is 14.7. The molecule has 2 bridgehead atoms. The second-order valence-electron chi connectivity index (χ2n) is 12.4. The molecule has 3 amide bonds. The maximum Gasteiger partial charge on any atom is 0.253 e. The Balaban J connectivity index is 1.57. The number of carbonyl (C=O) groups excluding carboxylic acids is 3. The van der Waals surface area contributed by atoms with Crippen LogP contribution in [0.15, 0.2) is 73.8 Å². The molecule has 3 saturated heterocycles. The molecular formula is C35H43N3O5. The number of fused-ring (bicyclic) bond motifs is 1. The summed E-state index contributed by atoms with van der Waals surface area (Å²) in [7, 11) is 0. The average Bonchev–Trinajstić information content (AvgIpc) is 3.56. The second kappa shape index (κ2) is 12.1. The number of carbonyl (C=O) groups is 3. The fourth-order valence-electron chi connectivity index (χ4n) is 7.55. The lowest BCUT2D eigenvalue weighted by Gasteiger charge is -2.37. The van der Waals surface area contributed by atoms with E-state index in [1.165, 1.54) is 0 Å². The zero-order valence-corrected chi connectivity index (χ0v) is 25.5. The molecule has 8 heteroatoms. The predicted molar refractivity (Wildman–Crippen MR) is 166 cm³/mol. The first kappa shape index (κ1) is 30.7. The van der Waals surface area contributed by atoms with Crippen molar-refractivity contribution in [3.8, 4) is 0 Å². The average molecular weight is 586 g/mol. The van der Waals surface area contributed by atoms with Gasteiger partial charge >= 0.3 is 0 Å². The molecule has 3 fully saturated rings. The van der Waals surface area contributed by atoms with Gasteiger partial charge < -0.3 is 24.5 Å². The maximum absolute atomic E-state index is 14.7. The van der Waals surface area contributed by atoms with Gasteiger partial charge in [-0.1, -0.05) is 54.6 Å². The van der Waals surface area contributed by atoms with Gasteiger partial charge in [-0.3, -0.25) is 14.4 Å². The lowest BCUT2D eigenvalue weighted by atomic mass is 9.66. The van der Waals surface area contributed by atoms with Crippen molar-refractivity contribution in [3.05, 3.63) is 90.5 Å². The van der Waals surface area contributed by atoms with Crippen molar-refractivity contribution in [3.63, 3.8) is 0 Å². The number of aliphatic hydroxyl groups is 1. The Hall–Kier alpha value is -3.75. The molecule has 0 radical (unpaired) electrons. The Morgan fingerprint density at radius 3 is 2.47 bits per heavy atom. The number of likely N-dealkylation sites (tertiary alicyclic amines) is 1. The zero-order chi connectivity index (χ0) is 30.9. The Labute approximate surface area is 254 Å². The van der Waals surface area contributed by atoms with Crippen LogP contribution in [0.1, 0.15) is 42.9 Å². The van der Waals surface area contributed by atoms with Gasteiger partial charge in [-0.25, -0.2) is 0 Å². The molecule has 228 valence electrons. The number of ether oxygens (including phenoxy) is 1. The van der Waals surface area contributed by atoms with Crippen molar-refractivity contribution >= 4 is 23.4 Å². The lowest BCUT2D eigenvalue weighted by molar-refractivity contribution is -0.150. The molecule has 1 N–H and O–H groups in total. The number of benzene rings is 2. The van der Waals surface area contributed by atoms with Gasteiger partial charge in [-0.05, 0) is 62.8 Å². The summed E-state index contributed by atoms with van der Waals surface area (Å²) in [5, 5.41) is 9.71. The number of hydrogen-bond acceptors (Lipinski definition) is 5. The molecule has 0 aromatic heterocycles. The molecule has 3 aliphatic rings. The molecule has 3 heterocycles. The Morgan fingerprint density at radius 2 is 1.79 bits per heavy atom. The fourth-order valence-corrected chi connectivity index (χ4v) is 7.55. The first-order chi connectivity index (χ1) is 20.6. The van der Waals surface area contributed by atoms with Crippen molar-refractivity contribution < 1.29 is 24.2 Å². The highest BCUT2D eigenvalue weighted by molar-refractivity contribution is 6.05. The van der Waals surface area contributed by atoms with E-state index >= 15 is 0 Å². The number of aliphatic hydroxyl groups excluding tert-OH is 1. The van der Waals surface area contributed by atoms with Crippen LogP contribution in [0.3, 0.4) is 0 Å². The molecule has 43 heavy (non-hydrogen) atoms. The fraction of sp³-hybridized carbons (Fsp3) is 0.457. The highest BCUT2D eigenvalue weighted by Crippen LogP contribution is 2.63. The quantitative estimate of drug-likeness (QED) is 0.378. The van der Waals surface area contributed by atoms with Crippen LogP contribution in [0, 0.1) is 25.7 Å². The number of anilines is 1. The highest BCUT2D eigenvalue weighted by atomic mass is 16.5. The molecule has 5 rings (SSSR count). The van der Waals surface area contributed by atoms with Gasteiger partial charge in [0.2, 0.25) is 11.8 Å². The summed E-state index contributed by atoms with van der Waals surface area (Å²) in [4.78, 5) is 48.6. The van der Waals surface area contributed by atoms with E-state index in [0.717, 1.165) is 22.4 Å². The number of aryl methyl sites for hydroxylation is 2. The van der Waals surface area contributed by atoms with Crippen LogP contribution in [0.5, 0.6) is 0 Å². The molecule has 8 nitrogen and oxygen atoms in total. The Bertz CT molecular complexity index is 1410. The van der Waals surface area contributed by atoms with Crippen molar-refractivity contribution in [2.45, 2.75) is 63.8 Å². The van der Waals surface area contributed by atoms with Crippen molar-refractivity contribution in [2.75, 3.05) is 31.1 Å². The molecule has 1 spiro atoms. The third-order valence-electron chi connectivity index (χ3n) is 9.44. The SMILES string of the molecule is C=CCN(Cc1ccccc1)C(=O)[C@H]1[C@H]2C(=O)N(CCCO)C(C(=O)N(CC=C)c3cc(C)ccc3C)C23CC[C@]1(C)O3. The van der Waals surface area contributed by atoms with E-state index in [0.29, 0.717) is 32.4 Å². The largest absolute Gasteiger partial charge is 0.396 e. The van der Waals surface area contributed by atoms with Gasteiger partial charge in [-0.2, -0.15) is 0 Å². The van der Waals surface area contributed by atoms with E-state index in [4.69, 9.17) is 4.74 Å². The molecule has 2 unspecified atom stereocenters. The van der Waals surface area contributed by atoms with E-state index in [1.54, 1.807) is 26.9 Å². The normalized spacial score (nSPS) is 27.2. The Kier molecular flexibility index (Phi) is 8.63. The van der Waals surface area contributed by atoms with E-state index in [-0.39, 0.29) is 37.4 Å². The number of amides is 3. The van der Waals surface area contributed by atoms with E-state index < -0.39 is 29.1 Å². The number of nitrogens with zero attached hydrogens (tertiary/aromatic N) is 3. The van der Waals surface area contributed by atoms with Crippen molar-refractivity contribution in [1.82, 2.24) is 9.80 Å². The van der Waals surface area contributed by atoms with Crippen molar-refractivity contribution in [1.29, 1.82) is 0 Å². The van der Waals surface area contributed by atoms with Crippen LogP contribution in [0.4, 0.5) is 5.69 Å².